The van der Waals surface area contributed by atoms with Gasteiger partial charge < -0.3 is 15.5 Å². The summed E-state index contributed by atoms with van der Waals surface area (Å²) in [5, 5.41) is 10.2. The zero-order valence-corrected chi connectivity index (χ0v) is 17.5. The van der Waals surface area contributed by atoms with Crippen LogP contribution in [0.2, 0.25) is 0 Å². The minimum Gasteiger partial charge on any atom is -0.355 e. The molecule has 0 bridgehead atoms. The van der Waals surface area contributed by atoms with Gasteiger partial charge in [-0.1, -0.05) is 0 Å². The van der Waals surface area contributed by atoms with Crippen LogP contribution < -0.4 is 15.5 Å². The molecule has 2 aromatic heterocycles. The average Bonchev–Trinajstić information content (AvgIpc) is 3.42. The summed E-state index contributed by atoms with van der Waals surface area (Å²) in [5.74, 6) is 1.45. The van der Waals surface area contributed by atoms with E-state index in [1.807, 2.05) is 4.52 Å². The highest BCUT2D eigenvalue weighted by Gasteiger charge is 2.31. The number of piperidine rings is 1. The molecular formula is C22H25N7O2. The van der Waals surface area contributed by atoms with Crippen molar-refractivity contribution in [2.24, 2.45) is 5.92 Å². The zero-order chi connectivity index (χ0) is 21.4. The minimum absolute atomic E-state index is 0.0116. The number of benzene rings is 1. The van der Waals surface area contributed by atoms with Crippen LogP contribution in [0.1, 0.15) is 37.4 Å². The van der Waals surface area contributed by atoms with E-state index in [1.165, 1.54) is 12.5 Å². The highest BCUT2D eigenvalue weighted by Crippen LogP contribution is 2.33. The predicted octanol–water partition coefficient (Wildman–Crippen LogP) is 2.43. The Bertz CT molecular complexity index is 1140. The van der Waals surface area contributed by atoms with E-state index in [1.54, 1.807) is 30.6 Å². The number of carbonyl (C=O) groups is 2. The number of aromatic nitrogens is 4. The molecule has 1 aliphatic carbocycles. The molecule has 31 heavy (non-hydrogen) atoms. The third-order valence-electron chi connectivity index (χ3n) is 5.99. The molecule has 3 heterocycles. The Balaban J connectivity index is 1.33. The lowest BCUT2D eigenvalue weighted by Gasteiger charge is -2.34. The third-order valence-corrected chi connectivity index (χ3v) is 5.99. The lowest BCUT2D eigenvalue weighted by Crippen LogP contribution is -2.42. The van der Waals surface area contributed by atoms with Gasteiger partial charge in [0.25, 0.3) is 5.78 Å². The second kappa shape index (κ2) is 7.98. The zero-order valence-electron chi connectivity index (χ0n) is 17.5. The maximum absolute atomic E-state index is 13.0. The fraction of sp³-hybridized carbons (Fsp3) is 0.409. The number of amides is 2. The average molecular weight is 419 g/mol. The van der Waals surface area contributed by atoms with Gasteiger partial charge in [0.1, 0.15) is 12.1 Å². The van der Waals surface area contributed by atoms with Crippen molar-refractivity contribution in [3.8, 4) is 0 Å². The van der Waals surface area contributed by atoms with Gasteiger partial charge in [-0.25, -0.2) is 4.98 Å². The fourth-order valence-corrected chi connectivity index (χ4v) is 4.59. The number of rotatable bonds is 4. The standard InChI is InChI=1S/C22H25N7O2/c1-14(30)25-16-7-9-17(10-8-16)26-20(31)15-4-3-11-28(12-15)21-18-5-2-6-19(18)27-22-23-13-24-29(21)22/h7-10,13,15H,2-6,11-12H2,1H3,(H,25,30)(H,26,31). The van der Waals surface area contributed by atoms with Crippen molar-refractivity contribution in [3.05, 3.63) is 41.9 Å². The molecule has 1 atom stereocenters. The van der Waals surface area contributed by atoms with Gasteiger partial charge in [-0.2, -0.15) is 14.6 Å². The number of carbonyl (C=O) groups excluding carboxylic acids is 2. The van der Waals surface area contributed by atoms with Crippen molar-refractivity contribution >= 4 is 34.8 Å². The molecule has 0 saturated carbocycles. The summed E-state index contributed by atoms with van der Waals surface area (Å²) < 4.78 is 1.82. The molecular weight excluding hydrogens is 394 g/mol. The van der Waals surface area contributed by atoms with E-state index in [2.05, 4.69) is 30.6 Å². The molecule has 2 N–H and O–H groups in total. The van der Waals surface area contributed by atoms with Gasteiger partial charge >= 0.3 is 0 Å². The van der Waals surface area contributed by atoms with Crippen LogP contribution in [-0.2, 0) is 22.4 Å². The number of anilines is 3. The normalized spacial score (nSPS) is 18.1. The van der Waals surface area contributed by atoms with Crippen LogP contribution in [-0.4, -0.2) is 44.5 Å². The van der Waals surface area contributed by atoms with Gasteiger partial charge in [-0.3, -0.25) is 9.59 Å². The summed E-state index contributed by atoms with van der Waals surface area (Å²) in [7, 11) is 0. The topological polar surface area (TPSA) is 105 Å². The molecule has 1 unspecified atom stereocenters. The van der Waals surface area contributed by atoms with Crippen molar-refractivity contribution in [1.82, 2.24) is 19.6 Å². The quantitative estimate of drug-likeness (QED) is 0.673. The van der Waals surface area contributed by atoms with Crippen LogP contribution in [0.3, 0.4) is 0 Å². The lowest BCUT2D eigenvalue weighted by molar-refractivity contribution is -0.120. The van der Waals surface area contributed by atoms with E-state index in [9.17, 15) is 9.59 Å². The Morgan fingerprint density at radius 2 is 1.84 bits per heavy atom. The second-order valence-electron chi connectivity index (χ2n) is 8.22. The Hall–Kier alpha value is -3.49. The molecule has 1 fully saturated rings. The van der Waals surface area contributed by atoms with Gasteiger partial charge in [0, 0.05) is 37.0 Å². The molecule has 1 saturated heterocycles. The van der Waals surface area contributed by atoms with E-state index in [0.717, 1.165) is 55.8 Å². The molecule has 9 heteroatoms. The number of nitrogens with zero attached hydrogens (tertiary/aromatic N) is 5. The number of hydrogen-bond donors (Lipinski definition) is 2. The predicted molar refractivity (Wildman–Crippen MR) is 117 cm³/mol. The number of fused-ring (bicyclic) bond motifs is 2. The first-order valence-corrected chi connectivity index (χ1v) is 10.7. The van der Waals surface area contributed by atoms with Crippen molar-refractivity contribution in [3.63, 3.8) is 0 Å². The van der Waals surface area contributed by atoms with Crippen molar-refractivity contribution in [2.75, 3.05) is 28.6 Å². The van der Waals surface area contributed by atoms with Crippen molar-refractivity contribution in [1.29, 1.82) is 0 Å². The SMILES string of the molecule is CC(=O)Nc1ccc(NC(=O)C2CCCN(c3c4c(nc5ncnn35)CCC4)C2)cc1. The van der Waals surface area contributed by atoms with Gasteiger partial charge in [-0.05, 0) is 56.4 Å². The maximum atomic E-state index is 13.0. The highest BCUT2D eigenvalue weighted by molar-refractivity contribution is 5.94. The Morgan fingerprint density at radius 1 is 1.06 bits per heavy atom. The van der Waals surface area contributed by atoms with E-state index in [-0.39, 0.29) is 17.7 Å². The van der Waals surface area contributed by atoms with Gasteiger partial charge in [0.15, 0.2) is 0 Å². The summed E-state index contributed by atoms with van der Waals surface area (Å²) in [6.45, 7) is 3.00. The first-order chi connectivity index (χ1) is 15.1. The fourth-order valence-electron chi connectivity index (χ4n) is 4.59. The summed E-state index contributed by atoms with van der Waals surface area (Å²) in [5.41, 5.74) is 3.78. The Kier molecular flexibility index (Phi) is 5.01. The van der Waals surface area contributed by atoms with Gasteiger partial charge in [-0.15, -0.1) is 0 Å². The molecule has 2 amide bonds. The molecule has 0 spiro atoms. The van der Waals surface area contributed by atoms with Crippen molar-refractivity contribution < 1.29 is 9.59 Å². The molecule has 0 radical (unpaired) electrons. The Labute approximate surface area is 179 Å². The van der Waals surface area contributed by atoms with Crippen LogP contribution in [0.4, 0.5) is 17.2 Å². The number of nitrogens with one attached hydrogen (secondary N) is 2. The first-order valence-electron chi connectivity index (χ1n) is 10.7. The van der Waals surface area contributed by atoms with Gasteiger partial charge in [0.05, 0.1) is 11.6 Å². The largest absolute Gasteiger partial charge is 0.355 e. The summed E-state index contributed by atoms with van der Waals surface area (Å²) in [6.07, 6.45) is 6.38. The van der Waals surface area contributed by atoms with Crippen LogP contribution in [0.15, 0.2) is 30.6 Å². The monoisotopic (exact) mass is 419 g/mol. The molecule has 3 aromatic rings. The molecule has 160 valence electrons. The maximum Gasteiger partial charge on any atom is 0.254 e. The lowest BCUT2D eigenvalue weighted by atomic mass is 9.96. The van der Waals surface area contributed by atoms with Crippen LogP contribution in [0.5, 0.6) is 0 Å². The first kappa shape index (κ1) is 19.5. The van der Waals surface area contributed by atoms with E-state index >= 15 is 0 Å². The number of aryl methyl sites for hydroxylation is 1. The van der Waals surface area contributed by atoms with Gasteiger partial charge in [0.2, 0.25) is 11.8 Å². The summed E-state index contributed by atoms with van der Waals surface area (Å²) in [6, 6.07) is 7.18. The minimum atomic E-state index is -0.122. The van der Waals surface area contributed by atoms with Crippen molar-refractivity contribution in [2.45, 2.75) is 39.0 Å². The second-order valence-corrected chi connectivity index (χ2v) is 8.22. The van der Waals surface area contributed by atoms with E-state index < -0.39 is 0 Å². The van der Waals surface area contributed by atoms with E-state index in [4.69, 9.17) is 0 Å². The molecule has 9 nitrogen and oxygen atoms in total. The summed E-state index contributed by atoms with van der Waals surface area (Å²) >= 11 is 0. The third kappa shape index (κ3) is 3.83. The van der Waals surface area contributed by atoms with E-state index in [0.29, 0.717) is 18.0 Å². The summed E-state index contributed by atoms with van der Waals surface area (Å²) in [4.78, 5) is 35.4. The highest BCUT2D eigenvalue weighted by atomic mass is 16.2. The molecule has 5 rings (SSSR count). The van der Waals surface area contributed by atoms with Crippen LogP contribution in [0, 0.1) is 5.92 Å². The van der Waals surface area contributed by atoms with Crippen LogP contribution >= 0.6 is 0 Å². The van der Waals surface area contributed by atoms with Crippen LogP contribution in [0.25, 0.3) is 5.78 Å². The number of hydrogen-bond acceptors (Lipinski definition) is 6. The molecule has 2 aliphatic rings. The molecule has 1 aromatic carbocycles. The Morgan fingerprint density at radius 3 is 2.61 bits per heavy atom. The molecule has 1 aliphatic heterocycles. The smallest absolute Gasteiger partial charge is 0.254 e.